The molecule has 0 aliphatic rings. The van der Waals surface area contributed by atoms with Gasteiger partial charge in [0, 0.05) is 5.56 Å². The molecular weight excluding hydrogens is 189 g/mol. The molecule has 0 heterocycles. The second kappa shape index (κ2) is 4.36. The lowest BCUT2D eigenvalue weighted by Gasteiger charge is -2.17. The number of hydrogen-bond donors (Lipinski definition) is 4. The summed E-state index contributed by atoms with van der Waals surface area (Å²) >= 11 is 0. The Morgan fingerprint density at radius 3 is 2.57 bits per heavy atom. The van der Waals surface area contributed by atoms with E-state index >= 15 is 0 Å². The fourth-order valence-corrected chi connectivity index (χ4v) is 1.12. The maximum absolute atomic E-state index is 12.9. The highest BCUT2D eigenvalue weighted by atomic mass is 19.1. The molecular formula is C9H12FNO3. The number of benzene rings is 1. The largest absolute Gasteiger partial charge is 0.396 e. The molecule has 0 bridgehead atoms. The van der Waals surface area contributed by atoms with E-state index in [4.69, 9.17) is 15.9 Å². The van der Waals surface area contributed by atoms with Crippen LogP contribution in [0.4, 0.5) is 10.1 Å². The maximum atomic E-state index is 12.9. The number of nitrogens with two attached hydrogens (primary N) is 1. The molecule has 5 heteroatoms. The third kappa shape index (κ3) is 2.01. The van der Waals surface area contributed by atoms with E-state index in [2.05, 4.69) is 0 Å². The highest BCUT2D eigenvalue weighted by molar-refractivity contribution is 5.49. The Labute approximate surface area is 80.4 Å². The number of para-hydroxylation sites is 1. The monoisotopic (exact) mass is 201 g/mol. The topological polar surface area (TPSA) is 86.7 Å². The van der Waals surface area contributed by atoms with Gasteiger partial charge in [-0.2, -0.15) is 0 Å². The van der Waals surface area contributed by atoms with Gasteiger partial charge in [-0.05, 0) is 6.07 Å². The van der Waals surface area contributed by atoms with Gasteiger partial charge in [0.25, 0.3) is 0 Å². The molecule has 0 amide bonds. The van der Waals surface area contributed by atoms with Crippen LogP contribution in [0.15, 0.2) is 18.2 Å². The minimum absolute atomic E-state index is 0.0755. The summed E-state index contributed by atoms with van der Waals surface area (Å²) in [4.78, 5) is 0. The van der Waals surface area contributed by atoms with Gasteiger partial charge in [0.1, 0.15) is 18.0 Å². The van der Waals surface area contributed by atoms with Crippen molar-refractivity contribution in [2.45, 2.75) is 12.2 Å². The Morgan fingerprint density at radius 1 is 1.36 bits per heavy atom. The van der Waals surface area contributed by atoms with Crippen molar-refractivity contribution in [3.8, 4) is 0 Å². The summed E-state index contributed by atoms with van der Waals surface area (Å²) in [5.74, 6) is -0.660. The third-order valence-corrected chi connectivity index (χ3v) is 1.96. The summed E-state index contributed by atoms with van der Waals surface area (Å²) in [5, 5.41) is 27.1. The number of anilines is 1. The van der Waals surface area contributed by atoms with Gasteiger partial charge in [0.2, 0.25) is 0 Å². The van der Waals surface area contributed by atoms with Crippen molar-refractivity contribution < 1.29 is 19.7 Å². The number of aliphatic hydroxyl groups excluding tert-OH is 3. The molecule has 14 heavy (non-hydrogen) atoms. The van der Waals surface area contributed by atoms with E-state index in [1.807, 2.05) is 0 Å². The zero-order valence-electron chi connectivity index (χ0n) is 7.39. The molecule has 0 aliphatic carbocycles. The Hall–Kier alpha value is -1.17. The highest BCUT2D eigenvalue weighted by Crippen LogP contribution is 2.24. The van der Waals surface area contributed by atoms with Gasteiger partial charge in [0.05, 0.1) is 12.3 Å². The third-order valence-electron chi connectivity index (χ3n) is 1.96. The molecule has 78 valence electrons. The van der Waals surface area contributed by atoms with E-state index in [1.165, 1.54) is 12.1 Å². The van der Waals surface area contributed by atoms with Gasteiger partial charge in [-0.3, -0.25) is 0 Å². The number of halogens is 1. The quantitative estimate of drug-likeness (QED) is 0.510. The number of nitrogen functional groups attached to an aromatic ring is 1. The molecule has 0 fully saturated rings. The van der Waals surface area contributed by atoms with Crippen molar-refractivity contribution in [1.82, 2.24) is 0 Å². The normalized spacial score (nSPS) is 15.1. The van der Waals surface area contributed by atoms with E-state index < -0.39 is 24.6 Å². The predicted molar refractivity (Wildman–Crippen MR) is 48.9 cm³/mol. The fourth-order valence-electron chi connectivity index (χ4n) is 1.12. The van der Waals surface area contributed by atoms with Crippen LogP contribution >= 0.6 is 0 Å². The fraction of sp³-hybridized carbons (Fsp3) is 0.333. The molecule has 2 unspecified atom stereocenters. The molecule has 1 rings (SSSR count). The minimum Gasteiger partial charge on any atom is -0.396 e. The lowest BCUT2D eigenvalue weighted by molar-refractivity contribution is -0.0150. The predicted octanol–water partition coefficient (Wildman–Crippen LogP) is -0.205. The van der Waals surface area contributed by atoms with E-state index in [1.54, 1.807) is 0 Å². The lowest BCUT2D eigenvalue weighted by atomic mass is 10.0. The molecule has 1 aromatic rings. The van der Waals surface area contributed by atoms with Crippen LogP contribution in [0.1, 0.15) is 11.7 Å². The Bertz CT molecular complexity index is 319. The highest BCUT2D eigenvalue weighted by Gasteiger charge is 2.20. The van der Waals surface area contributed by atoms with E-state index in [0.717, 1.165) is 6.07 Å². The minimum atomic E-state index is -1.38. The van der Waals surface area contributed by atoms with Gasteiger partial charge in [-0.1, -0.05) is 12.1 Å². The molecule has 0 spiro atoms. The van der Waals surface area contributed by atoms with Crippen molar-refractivity contribution in [3.63, 3.8) is 0 Å². The summed E-state index contributed by atoms with van der Waals surface area (Å²) in [5.41, 5.74) is 5.21. The van der Waals surface area contributed by atoms with Crippen LogP contribution in [0.3, 0.4) is 0 Å². The van der Waals surface area contributed by atoms with Gasteiger partial charge in [0.15, 0.2) is 0 Å². The van der Waals surface area contributed by atoms with Crippen LogP contribution in [0.25, 0.3) is 0 Å². The Balaban J connectivity index is 3.01. The number of hydrogen-bond acceptors (Lipinski definition) is 4. The first-order valence-corrected chi connectivity index (χ1v) is 4.08. The van der Waals surface area contributed by atoms with Gasteiger partial charge in [-0.15, -0.1) is 0 Å². The van der Waals surface area contributed by atoms with Crippen LogP contribution in [0.2, 0.25) is 0 Å². The first kappa shape index (κ1) is 10.9. The van der Waals surface area contributed by atoms with Crippen molar-refractivity contribution in [3.05, 3.63) is 29.6 Å². The van der Waals surface area contributed by atoms with Crippen molar-refractivity contribution in [2.75, 3.05) is 12.3 Å². The molecule has 0 radical (unpaired) electrons. The zero-order valence-corrected chi connectivity index (χ0v) is 7.39. The van der Waals surface area contributed by atoms with Gasteiger partial charge < -0.3 is 21.1 Å². The molecule has 0 saturated carbocycles. The maximum Gasteiger partial charge on any atom is 0.146 e. The summed E-state index contributed by atoms with van der Waals surface area (Å²) in [6.07, 6.45) is -2.74. The molecule has 0 aliphatic heterocycles. The van der Waals surface area contributed by atoms with Crippen LogP contribution < -0.4 is 5.73 Å². The van der Waals surface area contributed by atoms with Gasteiger partial charge in [-0.25, -0.2) is 4.39 Å². The smallest absolute Gasteiger partial charge is 0.146 e. The molecule has 1 aromatic carbocycles. The van der Waals surface area contributed by atoms with Crippen LogP contribution in [0, 0.1) is 5.82 Å². The van der Waals surface area contributed by atoms with Crippen molar-refractivity contribution in [2.24, 2.45) is 0 Å². The molecule has 5 N–H and O–H groups in total. The number of rotatable bonds is 3. The average molecular weight is 201 g/mol. The summed E-state index contributed by atoms with van der Waals surface area (Å²) in [7, 11) is 0. The van der Waals surface area contributed by atoms with E-state index in [9.17, 15) is 9.50 Å². The second-order valence-electron chi connectivity index (χ2n) is 2.94. The summed E-state index contributed by atoms with van der Waals surface area (Å²) < 4.78 is 12.9. The zero-order chi connectivity index (χ0) is 10.7. The molecule has 4 nitrogen and oxygen atoms in total. The van der Waals surface area contributed by atoms with Crippen molar-refractivity contribution in [1.29, 1.82) is 0 Å². The second-order valence-corrected chi connectivity index (χ2v) is 2.94. The molecule has 2 atom stereocenters. The van der Waals surface area contributed by atoms with Crippen LogP contribution in [0.5, 0.6) is 0 Å². The summed E-state index contributed by atoms with van der Waals surface area (Å²) in [6.45, 7) is -0.614. The SMILES string of the molecule is Nc1c(F)cccc1C(O)C(O)CO. The van der Waals surface area contributed by atoms with E-state index in [0.29, 0.717) is 0 Å². The van der Waals surface area contributed by atoms with Gasteiger partial charge >= 0.3 is 0 Å². The standard InChI is InChI=1S/C9H12FNO3/c10-6-3-1-2-5(8(6)11)9(14)7(13)4-12/h1-3,7,9,12-14H,4,11H2. The first-order valence-electron chi connectivity index (χ1n) is 4.08. The van der Waals surface area contributed by atoms with E-state index in [-0.39, 0.29) is 11.3 Å². The Kier molecular flexibility index (Phi) is 3.40. The van der Waals surface area contributed by atoms with Crippen LogP contribution in [-0.2, 0) is 0 Å². The van der Waals surface area contributed by atoms with Crippen LogP contribution in [-0.4, -0.2) is 28.0 Å². The number of aliphatic hydroxyl groups is 3. The van der Waals surface area contributed by atoms with Crippen molar-refractivity contribution >= 4 is 5.69 Å². The average Bonchev–Trinajstić information content (AvgIpc) is 2.20. The Morgan fingerprint density at radius 2 is 2.00 bits per heavy atom. The molecule has 0 saturated heterocycles. The lowest BCUT2D eigenvalue weighted by Crippen LogP contribution is -2.23. The first-order chi connectivity index (χ1) is 6.57. The molecule has 0 aromatic heterocycles. The summed E-state index contributed by atoms with van der Waals surface area (Å²) in [6, 6.07) is 3.91.